The maximum absolute atomic E-state index is 11.6. The summed E-state index contributed by atoms with van der Waals surface area (Å²) in [5.74, 6) is 0.798. The first-order chi connectivity index (χ1) is 7.46. The van der Waals surface area contributed by atoms with E-state index in [2.05, 4.69) is 19.0 Å². The van der Waals surface area contributed by atoms with Crippen molar-refractivity contribution in [2.75, 3.05) is 14.1 Å². The molecule has 0 aromatic heterocycles. The first-order valence-electron chi connectivity index (χ1n) is 6.37. The van der Waals surface area contributed by atoms with Crippen LogP contribution in [0.2, 0.25) is 0 Å². The van der Waals surface area contributed by atoms with E-state index in [-0.39, 0.29) is 11.0 Å². The van der Waals surface area contributed by atoms with Gasteiger partial charge in [0.05, 0.1) is 5.41 Å². The van der Waals surface area contributed by atoms with Crippen LogP contribution in [0.5, 0.6) is 0 Å². The van der Waals surface area contributed by atoms with Crippen LogP contribution in [0, 0.1) is 17.3 Å². The Morgan fingerprint density at radius 2 is 1.75 bits per heavy atom. The highest BCUT2D eigenvalue weighted by molar-refractivity contribution is 5.75. The molecule has 0 radical (unpaired) electrons. The third-order valence-corrected chi connectivity index (χ3v) is 5.43. The van der Waals surface area contributed by atoms with Gasteiger partial charge in [0, 0.05) is 5.54 Å². The Hall–Kier alpha value is -0.570. The molecule has 2 atom stereocenters. The van der Waals surface area contributed by atoms with E-state index in [4.69, 9.17) is 0 Å². The number of hydrogen-bond acceptors (Lipinski definition) is 2. The predicted molar refractivity (Wildman–Crippen MR) is 61.2 cm³/mol. The maximum atomic E-state index is 11.6. The fraction of sp³-hybridized carbons (Fsp3) is 0.923. The molecule has 0 aliphatic heterocycles. The predicted octanol–water partition coefficient (Wildman–Crippen LogP) is 1.97. The molecule has 4 aliphatic carbocycles. The Bertz CT molecular complexity index is 323. The zero-order valence-corrected chi connectivity index (χ0v) is 10.2. The average Bonchev–Trinajstić information content (AvgIpc) is 2.14. The Labute approximate surface area is 96.8 Å². The van der Waals surface area contributed by atoms with Crippen molar-refractivity contribution in [1.82, 2.24) is 4.90 Å². The van der Waals surface area contributed by atoms with Gasteiger partial charge in [0.25, 0.3) is 0 Å². The molecule has 0 aromatic carbocycles. The van der Waals surface area contributed by atoms with Crippen molar-refractivity contribution in [3.05, 3.63) is 0 Å². The summed E-state index contributed by atoms with van der Waals surface area (Å²) in [5.41, 5.74) is -0.184. The summed E-state index contributed by atoms with van der Waals surface area (Å²) in [5, 5.41) is 9.56. The standard InChI is InChI=1S/C13H21NO2/c1-14(2)13-6-9-3-10(7-13)5-12(4-9,8-13)11(15)16/h9-10H,3-8H2,1-2H3,(H,15,16). The van der Waals surface area contributed by atoms with E-state index < -0.39 is 5.97 Å². The molecule has 0 spiro atoms. The first-order valence-corrected chi connectivity index (χ1v) is 6.37. The van der Waals surface area contributed by atoms with E-state index in [0.29, 0.717) is 11.8 Å². The smallest absolute Gasteiger partial charge is 0.309 e. The van der Waals surface area contributed by atoms with Crippen LogP contribution >= 0.6 is 0 Å². The summed E-state index contributed by atoms with van der Waals surface area (Å²) in [6.07, 6.45) is 6.50. The van der Waals surface area contributed by atoms with Crippen LogP contribution < -0.4 is 0 Å². The van der Waals surface area contributed by atoms with Gasteiger partial charge in [-0.15, -0.1) is 0 Å². The normalized spacial score (nSPS) is 49.9. The molecule has 90 valence electrons. The van der Waals surface area contributed by atoms with E-state index >= 15 is 0 Å². The van der Waals surface area contributed by atoms with E-state index in [1.165, 1.54) is 19.3 Å². The molecule has 2 unspecified atom stereocenters. The molecule has 0 aromatic rings. The highest BCUT2D eigenvalue weighted by atomic mass is 16.4. The molecule has 4 fully saturated rings. The zero-order valence-electron chi connectivity index (χ0n) is 10.2. The molecule has 0 heterocycles. The number of carboxylic acids is 1. The van der Waals surface area contributed by atoms with E-state index in [1.54, 1.807) is 0 Å². The fourth-order valence-electron chi connectivity index (χ4n) is 4.99. The third kappa shape index (κ3) is 1.21. The zero-order chi connectivity index (χ0) is 11.6. The van der Waals surface area contributed by atoms with Gasteiger partial charge in [-0.2, -0.15) is 0 Å². The van der Waals surface area contributed by atoms with E-state index in [0.717, 1.165) is 19.3 Å². The number of nitrogens with zero attached hydrogens (tertiary/aromatic N) is 1. The topological polar surface area (TPSA) is 40.5 Å². The van der Waals surface area contributed by atoms with Gasteiger partial charge >= 0.3 is 5.97 Å². The Morgan fingerprint density at radius 1 is 1.19 bits per heavy atom. The van der Waals surface area contributed by atoms with Crippen LogP contribution in [0.15, 0.2) is 0 Å². The molecular weight excluding hydrogens is 202 g/mol. The van der Waals surface area contributed by atoms with Crippen molar-refractivity contribution in [1.29, 1.82) is 0 Å². The minimum absolute atomic E-state index is 0.197. The second-order valence-electron chi connectivity index (χ2n) is 6.67. The molecule has 0 saturated heterocycles. The second-order valence-corrected chi connectivity index (χ2v) is 6.67. The number of aliphatic carboxylic acids is 1. The molecular formula is C13H21NO2. The van der Waals surface area contributed by atoms with Gasteiger partial charge in [-0.1, -0.05) is 0 Å². The van der Waals surface area contributed by atoms with Crippen molar-refractivity contribution in [3.8, 4) is 0 Å². The molecule has 4 aliphatic rings. The van der Waals surface area contributed by atoms with Crippen LogP contribution in [0.25, 0.3) is 0 Å². The Morgan fingerprint density at radius 3 is 2.19 bits per heavy atom. The quantitative estimate of drug-likeness (QED) is 0.778. The highest BCUT2D eigenvalue weighted by Gasteiger charge is 2.61. The minimum Gasteiger partial charge on any atom is -0.481 e. The van der Waals surface area contributed by atoms with Gasteiger partial charge < -0.3 is 10.0 Å². The molecule has 0 amide bonds. The summed E-state index contributed by atoms with van der Waals surface area (Å²) in [6.45, 7) is 0. The van der Waals surface area contributed by atoms with Gasteiger partial charge in [0.2, 0.25) is 0 Å². The lowest BCUT2D eigenvalue weighted by atomic mass is 9.46. The second kappa shape index (κ2) is 3.00. The fourth-order valence-corrected chi connectivity index (χ4v) is 4.99. The van der Waals surface area contributed by atoms with Crippen LogP contribution in [0.1, 0.15) is 38.5 Å². The lowest BCUT2D eigenvalue weighted by molar-refractivity contribution is -0.175. The van der Waals surface area contributed by atoms with Gasteiger partial charge in [0.1, 0.15) is 0 Å². The summed E-state index contributed by atoms with van der Waals surface area (Å²) in [4.78, 5) is 13.9. The van der Waals surface area contributed by atoms with Crippen molar-refractivity contribution >= 4 is 5.97 Å². The van der Waals surface area contributed by atoms with Crippen LogP contribution in [0.3, 0.4) is 0 Å². The molecule has 4 rings (SSSR count). The average molecular weight is 223 g/mol. The van der Waals surface area contributed by atoms with Crippen LogP contribution in [0.4, 0.5) is 0 Å². The van der Waals surface area contributed by atoms with Crippen molar-refractivity contribution in [3.63, 3.8) is 0 Å². The van der Waals surface area contributed by atoms with Gasteiger partial charge in [-0.3, -0.25) is 4.79 Å². The minimum atomic E-state index is -0.534. The van der Waals surface area contributed by atoms with Gasteiger partial charge in [-0.25, -0.2) is 0 Å². The molecule has 1 N–H and O–H groups in total. The summed E-state index contributed by atoms with van der Waals surface area (Å²) in [7, 11) is 4.26. The van der Waals surface area contributed by atoms with Gasteiger partial charge in [0.15, 0.2) is 0 Å². The Kier molecular flexibility index (Phi) is 1.99. The van der Waals surface area contributed by atoms with Crippen LogP contribution in [-0.2, 0) is 4.79 Å². The van der Waals surface area contributed by atoms with Crippen molar-refractivity contribution in [2.45, 2.75) is 44.1 Å². The van der Waals surface area contributed by atoms with E-state index in [9.17, 15) is 9.90 Å². The van der Waals surface area contributed by atoms with Gasteiger partial charge in [-0.05, 0) is 64.5 Å². The molecule has 4 bridgehead atoms. The monoisotopic (exact) mass is 223 g/mol. The molecule has 3 nitrogen and oxygen atoms in total. The summed E-state index contributed by atoms with van der Waals surface area (Å²) in [6, 6.07) is 0. The molecule has 3 heteroatoms. The van der Waals surface area contributed by atoms with Crippen molar-refractivity contribution in [2.24, 2.45) is 17.3 Å². The molecule has 4 saturated carbocycles. The van der Waals surface area contributed by atoms with E-state index in [1.807, 2.05) is 0 Å². The SMILES string of the molecule is CN(C)C12CC3CC(CC(C(=O)O)(C3)C1)C2. The number of carbonyl (C=O) groups is 1. The largest absolute Gasteiger partial charge is 0.481 e. The third-order valence-electron chi connectivity index (χ3n) is 5.43. The summed E-state index contributed by atoms with van der Waals surface area (Å²) < 4.78 is 0. The molecule has 16 heavy (non-hydrogen) atoms. The van der Waals surface area contributed by atoms with Crippen LogP contribution in [-0.4, -0.2) is 35.6 Å². The van der Waals surface area contributed by atoms with Crippen molar-refractivity contribution < 1.29 is 9.90 Å². The maximum Gasteiger partial charge on any atom is 0.309 e. The summed E-state index contributed by atoms with van der Waals surface area (Å²) >= 11 is 0. The number of rotatable bonds is 2. The number of carboxylic acid groups (broad SMARTS) is 1. The lowest BCUT2D eigenvalue weighted by Gasteiger charge is -2.62. The Balaban J connectivity index is 2.00. The highest BCUT2D eigenvalue weighted by Crippen LogP contribution is 2.62. The lowest BCUT2D eigenvalue weighted by Crippen LogP contribution is -2.63. The number of hydrogen-bond donors (Lipinski definition) is 1. The first kappa shape index (κ1) is 10.6.